The van der Waals surface area contributed by atoms with Crippen LogP contribution in [-0.2, 0) is 0 Å². The van der Waals surface area contributed by atoms with Gasteiger partial charge in [-0.3, -0.25) is 0 Å². The van der Waals surface area contributed by atoms with E-state index in [0.717, 1.165) is 0 Å². The lowest BCUT2D eigenvalue weighted by Crippen LogP contribution is -2.24. The number of hydrogen-bond acceptors (Lipinski definition) is 3. The Kier molecular flexibility index (Phi) is 3.47. The number of aromatic hydroxyl groups is 1. The van der Waals surface area contributed by atoms with Gasteiger partial charge in [-0.15, -0.1) is 0 Å². The van der Waals surface area contributed by atoms with Gasteiger partial charge in [-0.05, 0) is 35.0 Å². The van der Waals surface area contributed by atoms with Gasteiger partial charge in [-0.1, -0.05) is 0 Å². The van der Waals surface area contributed by atoms with Crippen LogP contribution in [0, 0.1) is 5.82 Å². The van der Waals surface area contributed by atoms with Crippen molar-refractivity contribution in [2.24, 2.45) is 5.73 Å². The maximum absolute atomic E-state index is 13.3. The van der Waals surface area contributed by atoms with Crippen LogP contribution in [0.2, 0.25) is 0 Å². The zero-order valence-corrected chi connectivity index (χ0v) is 9.12. The highest BCUT2D eigenvalue weighted by Gasteiger charge is 2.21. The van der Waals surface area contributed by atoms with Crippen LogP contribution in [0.4, 0.5) is 4.39 Å². The van der Waals surface area contributed by atoms with Gasteiger partial charge in [-0.25, -0.2) is 4.39 Å². The van der Waals surface area contributed by atoms with Crippen molar-refractivity contribution in [3.8, 4) is 5.75 Å². The molecule has 0 saturated heterocycles. The van der Waals surface area contributed by atoms with Gasteiger partial charge in [-0.2, -0.15) is 0 Å². The highest BCUT2D eigenvalue weighted by atomic mass is 79.9. The van der Waals surface area contributed by atoms with Gasteiger partial charge in [0.05, 0.1) is 22.2 Å². The number of benzene rings is 1. The quantitative estimate of drug-likeness (QED) is 0.761. The molecule has 0 aliphatic heterocycles. The van der Waals surface area contributed by atoms with Crippen LogP contribution >= 0.6 is 15.9 Å². The van der Waals surface area contributed by atoms with Crippen LogP contribution in [0.1, 0.15) is 18.5 Å². The molecule has 1 aromatic carbocycles. The van der Waals surface area contributed by atoms with E-state index in [1.54, 1.807) is 0 Å². The molecule has 3 nitrogen and oxygen atoms in total. The first kappa shape index (κ1) is 11.4. The fourth-order valence-corrected chi connectivity index (χ4v) is 1.46. The Balaban J connectivity index is 3.25. The lowest BCUT2D eigenvalue weighted by atomic mass is 10.0. The third kappa shape index (κ3) is 2.05. The highest BCUT2D eigenvalue weighted by molar-refractivity contribution is 9.10. The molecule has 4 N–H and O–H groups in total. The summed E-state index contributed by atoms with van der Waals surface area (Å²) in [4.78, 5) is 0. The molecule has 0 unspecified atom stereocenters. The standard InChI is InChI=1S/C9H11BrFNO2/c1-4(13)8(12)7-6(11)3-2-5(10)9(7)14/h2-4,8,13-14H,12H2,1H3/t4-,8-/m1/s1. The summed E-state index contributed by atoms with van der Waals surface area (Å²) in [6.07, 6.45) is -0.926. The minimum atomic E-state index is -0.938. The molecule has 0 aliphatic rings. The van der Waals surface area contributed by atoms with Crippen LogP contribution in [0.3, 0.4) is 0 Å². The first-order valence-electron chi connectivity index (χ1n) is 4.05. The van der Waals surface area contributed by atoms with Crippen LogP contribution in [0.5, 0.6) is 5.75 Å². The Morgan fingerprint density at radius 2 is 2.07 bits per heavy atom. The molecule has 0 radical (unpaired) electrons. The molecule has 0 amide bonds. The van der Waals surface area contributed by atoms with Crippen molar-refractivity contribution in [2.75, 3.05) is 0 Å². The minimum absolute atomic E-state index is 0.0747. The molecule has 0 bridgehead atoms. The zero-order chi connectivity index (χ0) is 10.9. The van der Waals surface area contributed by atoms with Gasteiger partial charge >= 0.3 is 0 Å². The second-order valence-electron chi connectivity index (χ2n) is 3.06. The topological polar surface area (TPSA) is 66.5 Å². The van der Waals surface area contributed by atoms with Crippen molar-refractivity contribution in [1.29, 1.82) is 0 Å². The molecule has 0 aromatic heterocycles. The highest BCUT2D eigenvalue weighted by Crippen LogP contribution is 2.34. The molecule has 0 aliphatic carbocycles. The maximum atomic E-state index is 13.3. The van der Waals surface area contributed by atoms with Crippen LogP contribution in [-0.4, -0.2) is 16.3 Å². The van der Waals surface area contributed by atoms with E-state index < -0.39 is 18.0 Å². The number of hydrogen-bond donors (Lipinski definition) is 3. The first-order chi connectivity index (χ1) is 6.45. The van der Waals surface area contributed by atoms with Crippen LogP contribution in [0.25, 0.3) is 0 Å². The number of phenols is 1. The van der Waals surface area contributed by atoms with Gasteiger partial charge in [0.1, 0.15) is 11.6 Å². The average Bonchev–Trinajstić information content (AvgIpc) is 2.12. The third-order valence-corrected chi connectivity index (χ3v) is 2.61. The Hall–Kier alpha value is -0.650. The summed E-state index contributed by atoms with van der Waals surface area (Å²) in [5.74, 6) is -0.891. The van der Waals surface area contributed by atoms with Crippen molar-refractivity contribution in [2.45, 2.75) is 19.1 Å². The van der Waals surface area contributed by atoms with E-state index in [1.165, 1.54) is 19.1 Å². The Bertz CT molecular complexity index is 344. The number of nitrogens with two attached hydrogens (primary N) is 1. The summed E-state index contributed by atoms with van der Waals surface area (Å²) in [6.45, 7) is 1.43. The monoisotopic (exact) mass is 263 g/mol. The third-order valence-electron chi connectivity index (χ3n) is 1.97. The summed E-state index contributed by atoms with van der Waals surface area (Å²) in [5, 5.41) is 18.7. The van der Waals surface area contributed by atoms with Crippen molar-refractivity contribution < 1.29 is 14.6 Å². The minimum Gasteiger partial charge on any atom is -0.506 e. The van der Waals surface area contributed by atoms with E-state index in [2.05, 4.69) is 15.9 Å². The molecule has 0 fully saturated rings. The largest absolute Gasteiger partial charge is 0.506 e. The summed E-state index contributed by atoms with van der Waals surface area (Å²) in [6, 6.07) is 1.62. The molecule has 0 spiro atoms. The lowest BCUT2D eigenvalue weighted by Gasteiger charge is -2.17. The van der Waals surface area contributed by atoms with Gasteiger partial charge in [0, 0.05) is 0 Å². The van der Waals surface area contributed by atoms with Gasteiger partial charge in [0.15, 0.2) is 0 Å². The average molecular weight is 264 g/mol. The second kappa shape index (κ2) is 4.25. The molecule has 1 aromatic rings. The van der Waals surface area contributed by atoms with E-state index in [4.69, 9.17) is 5.73 Å². The molecule has 78 valence electrons. The number of halogens is 2. The van der Waals surface area contributed by atoms with Gasteiger partial charge < -0.3 is 15.9 Å². The van der Waals surface area contributed by atoms with E-state index in [1.807, 2.05) is 0 Å². The number of phenolic OH excluding ortho intramolecular Hbond substituents is 1. The molecular formula is C9H11BrFNO2. The summed E-state index contributed by atoms with van der Waals surface area (Å²) in [5.41, 5.74) is 5.46. The van der Waals surface area contributed by atoms with Crippen LogP contribution < -0.4 is 5.73 Å². The number of aliphatic hydroxyl groups is 1. The van der Waals surface area contributed by atoms with E-state index in [0.29, 0.717) is 4.47 Å². The smallest absolute Gasteiger partial charge is 0.137 e. The fourth-order valence-electron chi connectivity index (χ4n) is 1.12. The Labute approximate surface area is 89.5 Å². The van der Waals surface area contributed by atoms with Crippen molar-refractivity contribution in [3.05, 3.63) is 28.0 Å². The SMILES string of the molecule is C[C@@H](O)[C@@H](N)c1c(F)ccc(Br)c1O. The molecule has 5 heteroatoms. The first-order valence-corrected chi connectivity index (χ1v) is 4.85. The zero-order valence-electron chi connectivity index (χ0n) is 7.54. The van der Waals surface area contributed by atoms with E-state index in [-0.39, 0.29) is 11.3 Å². The molecular weight excluding hydrogens is 253 g/mol. The molecule has 2 atom stereocenters. The maximum Gasteiger partial charge on any atom is 0.137 e. The summed E-state index contributed by atoms with van der Waals surface area (Å²) >= 11 is 3.04. The molecule has 0 heterocycles. The number of aliphatic hydroxyl groups excluding tert-OH is 1. The predicted octanol–water partition coefficient (Wildman–Crippen LogP) is 1.67. The Morgan fingerprint density at radius 1 is 1.50 bits per heavy atom. The van der Waals surface area contributed by atoms with Gasteiger partial charge in [0.2, 0.25) is 0 Å². The second-order valence-corrected chi connectivity index (χ2v) is 3.91. The molecule has 14 heavy (non-hydrogen) atoms. The van der Waals surface area contributed by atoms with E-state index in [9.17, 15) is 14.6 Å². The van der Waals surface area contributed by atoms with Crippen molar-refractivity contribution in [3.63, 3.8) is 0 Å². The predicted molar refractivity (Wildman–Crippen MR) is 54.4 cm³/mol. The lowest BCUT2D eigenvalue weighted by molar-refractivity contribution is 0.161. The normalized spacial score (nSPS) is 15.2. The van der Waals surface area contributed by atoms with Crippen molar-refractivity contribution >= 4 is 15.9 Å². The fraction of sp³-hybridized carbons (Fsp3) is 0.333. The van der Waals surface area contributed by atoms with Crippen molar-refractivity contribution in [1.82, 2.24) is 0 Å². The summed E-state index contributed by atoms with van der Waals surface area (Å²) in [7, 11) is 0. The summed E-state index contributed by atoms with van der Waals surface area (Å²) < 4.78 is 13.6. The number of rotatable bonds is 2. The van der Waals surface area contributed by atoms with E-state index >= 15 is 0 Å². The van der Waals surface area contributed by atoms with Crippen LogP contribution in [0.15, 0.2) is 16.6 Å². The molecule has 0 saturated carbocycles. The van der Waals surface area contributed by atoms with Gasteiger partial charge in [0.25, 0.3) is 0 Å². The Morgan fingerprint density at radius 3 is 2.57 bits per heavy atom. The molecule has 1 rings (SSSR count).